The van der Waals surface area contributed by atoms with E-state index < -0.39 is 17.5 Å². The Morgan fingerprint density at radius 2 is 2.14 bits per heavy atom. The molecule has 1 aromatic rings. The van der Waals surface area contributed by atoms with Crippen molar-refractivity contribution in [2.75, 3.05) is 0 Å². The van der Waals surface area contributed by atoms with Crippen molar-refractivity contribution < 1.29 is 14.4 Å². The lowest BCUT2D eigenvalue weighted by Gasteiger charge is -2.33. The number of carbonyl (C=O) groups is 3. The number of rotatable bonds is 2. The minimum Gasteiger partial charge on any atom is -0.322 e. The van der Waals surface area contributed by atoms with Crippen molar-refractivity contribution in [3.63, 3.8) is 0 Å². The van der Waals surface area contributed by atoms with Gasteiger partial charge in [0.15, 0.2) is 0 Å². The van der Waals surface area contributed by atoms with E-state index in [9.17, 15) is 14.4 Å². The maximum Gasteiger partial charge on any atom is 0.344 e. The molecule has 0 radical (unpaired) electrons. The molecule has 118 valence electrons. The molecule has 8 heteroatoms. The Morgan fingerprint density at radius 3 is 2.73 bits per heavy atom. The molecule has 6 nitrogen and oxygen atoms in total. The molecule has 3 rings (SSSR count). The van der Waals surface area contributed by atoms with Crippen LogP contribution in [0.15, 0.2) is 15.2 Å². The van der Waals surface area contributed by atoms with E-state index in [1.807, 2.05) is 0 Å². The van der Waals surface area contributed by atoms with Gasteiger partial charge in [0.2, 0.25) is 0 Å². The lowest BCUT2D eigenvalue weighted by atomic mass is 9.77. The van der Waals surface area contributed by atoms with E-state index in [-0.39, 0.29) is 5.91 Å². The zero-order valence-electron chi connectivity index (χ0n) is 12.0. The van der Waals surface area contributed by atoms with Crippen LogP contribution in [0.2, 0.25) is 0 Å². The van der Waals surface area contributed by atoms with Gasteiger partial charge in [-0.2, -0.15) is 5.01 Å². The van der Waals surface area contributed by atoms with Crippen LogP contribution >= 0.6 is 27.3 Å². The first-order valence-electron chi connectivity index (χ1n) is 7.13. The molecule has 22 heavy (non-hydrogen) atoms. The normalized spacial score (nSPS) is 28.1. The summed E-state index contributed by atoms with van der Waals surface area (Å²) in [7, 11) is 0. The number of urea groups is 1. The maximum absolute atomic E-state index is 12.6. The number of amides is 4. The average molecular weight is 386 g/mol. The first-order chi connectivity index (χ1) is 10.4. The number of thiophene rings is 1. The lowest BCUT2D eigenvalue weighted by molar-refractivity contribution is -0.134. The van der Waals surface area contributed by atoms with Gasteiger partial charge in [-0.1, -0.05) is 6.92 Å². The van der Waals surface area contributed by atoms with Gasteiger partial charge in [0, 0.05) is 5.38 Å². The van der Waals surface area contributed by atoms with E-state index in [0.29, 0.717) is 24.3 Å². The molecule has 2 aliphatic rings. The highest BCUT2D eigenvalue weighted by atomic mass is 79.9. The van der Waals surface area contributed by atoms with Crippen molar-refractivity contribution in [2.45, 2.75) is 38.1 Å². The minimum absolute atomic E-state index is 0.355. The highest BCUT2D eigenvalue weighted by Crippen LogP contribution is 2.35. The summed E-state index contributed by atoms with van der Waals surface area (Å²) in [6.07, 6.45) is 3.03. The van der Waals surface area contributed by atoms with Crippen molar-refractivity contribution in [1.82, 2.24) is 15.8 Å². The van der Waals surface area contributed by atoms with Gasteiger partial charge in [-0.15, -0.1) is 11.3 Å². The van der Waals surface area contributed by atoms with Crippen LogP contribution in [0.1, 0.15) is 43.0 Å². The number of carbonyl (C=O) groups excluding carboxylic acids is 3. The molecule has 0 atom stereocenters. The smallest absolute Gasteiger partial charge is 0.322 e. The summed E-state index contributed by atoms with van der Waals surface area (Å²) >= 11 is 4.64. The van der Waals surface area contributed by atoms with Crippen LogP contribution in [-0.2, 0) is 4.79 Å². The predicted molar refractivity (Wildman–Crippen MR) is 85.2 cm³/mol. The third-order valence-corrected chi connectivity index (χ3v) is 5.84. The number of imide groups is 1. The number of hydrogen-bond acceptors (Lipinski definition) is 4. The molecule has 1 aliphatic carbocycles. The van der Waals surface area contributed by atoms with Gasteiger partial charge in [-0.3, -0.25) is 15.0 Å². The molecule has 2 N–H and O–H groups in total. The standard InChI is InChI=1S/C14H16BrN3O3S/c1-8-2-4-14(5-3-8)12(20)18(13(21)16-14)17-11(19)9-6-10(15)22-7-9/h6-8H,2-5H2,1H3,(H,16,21)(H,17,19). The summed E-state index contributed by atoms with van der Waals surface area (Å²) in [5, 5.41) is 5.25. The van der Waals surface area contributed by atoms with Gasteiger partial charge in [0.1, 0.15) is 5.54 Å². The second-order valence-corrected chi connectivity index (χ2v) is 8.21. The maximum atomic E-state index is 12.6. The van der Waals surface area contributed by atoms with Gasteiger partial charge in [-0.25, -0.2) is 4.79 Å². The summed E-state index contributed by atoms with van der Waals surface area (Å²) in [6, 6.07) is 1.10. The van der Waals surface area contributed by atoms with E-state index in [0.717, 1.165) is 21.6 Å². The van der Waals surface area contributed by atoms with Gasteiger partial charge >= 0.3 is 6.03 Å². The second-order valence-electron chi connectivity index (χ2n) is 5.92. The third-order valence-electron chi connectivity index (χ3n) is 4.33. The molecule has 2 heterocycles. The van der Waals surface area contributed by atoms with Crippen LogP contribution in [0.4, 0.5) is 4.79 Å². The fraction of sp³-hybridized carbons (Fsp3) is 0.500. The van der Waals surface area contributed by atoms with Crippen molar-refractivity contribution in [3.05, 3.63) is 20.8 Å². The molecule has 0 aromatic carbocycles. The number of nitrogens with zero attached hydrogens (tertiary/aromatic N) is 1. The molecule has 1 spiro atoms. The Balaban J connectivity index is 1.73. The van der Waals surface area contributed by atoms with Crippen LogP contribution in [0.25, 0.3) is 0 Å². The molecule has 1 saturated heterocycles. The monoisotopic (exact) mass is 385 g/mol. The molecule has 4 amide bonds. The zero-order chi connectivity index (χ0) is 15.9. The first-order valence-corrected chi connectivity index (χ1v) is 8.80. The Morgan fingerprint density at radius 1 is 1.45 bits per heavy atom. The van der Waals surface area contributed by atoms with Gasteiger partial charge < -0.3 is 5.32 Å². The third kappa shape index (κ3) is 2.65. The van der Waals surface area contributed by atoms with E-state index in [1.165, 1.54) is 11.3 Å². The largest absolute Gasteiger partial charge is 0.344 e. The Hall–Kier alpha value is -1.41. The van der Waals surface area contributed by atoms with Crippen LogP contribution in [0.3, 0.4) is 0 Å². The van der Waals surface area contributed by atoms with Crippen molar-refractivity contribution in [2.24, 2.45) is 5.92 Å². The molecule has 1 aromatic heterocycles. The van der Waals surface area contributed by atoms with Crippen molar-refractivity contribution in [1.29, 1.82) is 0 Å². The summed E-state index contributed by atoms with van der Waals surface area (Å²) in [6.45, 7) is 2.14. The molecular weight excluding hydrogens is 370 g/mol. The van der Waals surface area contributed by atoms with E-state index >= 15 is 0 Å². The Bertz CT molecular complexity index is 637. The van der Waals surface area contributed by atoms with E-state index in [1.54, 1.807) is 11.4 Å². The SMILES string of the molecule is CC1CCC2(CC1)NC(=O)N(NC(=O)c1csc(Br)c1)C2=O. The topological polar surface area (TPSA) is 78.5 Å². The highest BCUT2D eigenvalue weighted by Gasteiger charge is 2.52. The molecule has 1 aliphatic heterocycles. The zero-order valence-corrected chi connectivity index (χ0v) is 14.4. The number of halogens is 1. The minimum atomic E-state index is -0.841. The number of nitrogens with one attached hydrogen (secondary N) is 2. The fourth-order valence-electron chi connectivity index (χ4n) is 2.91. The van der Waals surface area contributed by atoms with Gasteiger partial charge in [-0.05, 0) is 53.6 Å². The summed E-state index contributed by atoms with van der Waals surface area (Å²) in [5.41, 5.74) is 1.98. The predicted octanol–water partition coefficient (Wildman–Crippen LogP) is 2.66. The second kappa shape index (κ2) is 5.66. The summed E-state index contributed by atoms with van der Waals surface area (Å²) < 4.78 is 0.813. The molecular formula is C14H16BrN3O3S. The van der Waals surface area contributed by atoms with Crippen molar-refractivity contribution in [3.8, 4) is 0 Å². The molecule has 2 fully saturated rings. The van der Waals surface area contributed by atoms with Crippen LogP contribution in [0, 0.1) is 5.92 Å². The molecule has 0 unspecified atom stereocenters. The van der Waals surface area contributed by atoms with E-state index in [4.69, 9.17) is 0 Å². The lowest BCUT2D eigenvalue weighted by Crippen LogP contribution is -2.51. The summed E-state index contributed by atoms with van der Waals surface area (Å²) in [5.74, 6) is -0.263. The number of hydrazine groups is 1. The van der Waals surface area contributed by atoms with E-state index in [2.05, 4.69) is 33.6 Å². The Labute approximate surface area is 140 Å². The highest BCUT2D eigenvalue weighted by molar-refractivity contribution is 9.11. The quantitative estimate of drug-likeness (QED) is 0.768. The Kier molecular flexibility index (Phi) is 3.98. The van der Waals surface area contributed by atoms with Gasteiger partial charge in [0.05, 0.1) is 9.35 Å². The average Bonchev–Trinajstić information content (AvgIpc) is 3.00. The first kappa shape index (κ1) is 15.5. The molecule has 1 saturated carbocycles. The van der Waals surface area contributed by atoms with Crippen LogP contribution in [0.5, 0.6) is 0 Å². The summed E-state index contributed by atoms with van der Waals surface area (Å²) in [4.78, 5) is 36.8. The van der Waals surface area contributed by atoms with Crippen LogP contribution < -0.4 is 10.7 Å². The fourth-order valence-corrected chi connectivity index (χ4v) is 4.05. The van der Waals surface area contributed by atoms with Crippen molar-refractivity contribution >= 4 is 45.1 Å². The number of hydrogen-bond donors (Lipinski definition) is 2. The van der Waals surface area contributed by atoms with Crippen LogP contribution in [-0.4, -0.2) is 28.4 Å². The van der Waals surface area contributed by atoms with Gasteiger partial charge in [0.25, 0.3) is 11.8 Å². The molecule has 0 bridgehead atoms.